The van der Waals surface area contributed by atoms with Crippen LogP contribution < -0.4 is 0 Å². The van der Waals surface area contributed by atoms with Gasteiger partial charge in [-0.15, -0.1) is 12.6 Å². The van der Waals surface area contributed by atoms with E-state index < -0.39 is 0 Å². The fourth-order valence-electron chi connectivity index (χ4n) is 2.66. The number of ketones is 1. The molecule has 0 saturated carbocycles. The largest absolute Gasteiger partial charge is 0.289 e. The molecule has 0 amide bonds. The molecule has 2 aromatic carbocycles. The number of thiol groups is 1. The Balaban J connectivity index is 2.64. The number of carbonyl (C=O) groups is 1. The molecular weight excluding hydrogens is 300 g/mol. The second kappa shape index (κ2) is 6.16. The third-order valence-corrected chi connectivity index (χ3v) is 4.32. The maximum atomic E-state index is 13.1. The van der Waals surface area contributed by atoms with E-state index in [0.717, 1.165) is 16.0 Å². The molecule has 1 nitrogen and oxygen atoms in total. The third kappa shape index (κ3) is 4.06. The quantitative estimate of drug-likeness (QED) is 0.545. The highest BCUT2D eigenvalue weighted by Gasteiger charge is 2.25. The molecule has 23 heavy (non-hydrogen) atoms. The first-order chi connectivity index (χ1) is 10.5. The first kappa shape index (κ1) is 17.8. The molecule has 0 bridgehead atoms. The number of benzene rings is 2. The lowest BCUT2D eigenvalue weighted by molar-refractivity contribution is 0.103. The average Bonchev–Trinajstić information content (AvgIpc) is 2.44. The van der Waals surface area contributed by atoms with Crippen molar-refractivity contribution in [1.82, 2.24) is 0 Å². The molecule has 0 aliphatic rings. The highest BCUT2D eigenvalue weighted by molar-refractivity contribution is 7.80. The molecule has 0 radical (unpaired) electrons. The van der Waals surface area contributed by atoms with Gasteiger partial charge in [0.2, 0.25) is 0 Å². The molecule has 0 N–H and O–H groups in total. The molecule has 122 valence electrons. The minimum absolute atomic E-state index is 0.0108. The minimum Gasteiger partial charge on any atom is -0.289 e. The van der Waals surface area contributed by atoms with Crippen LogP contribution in [0.4, 0.5) is 0 Å². The van der Waals surface area contributed by atoms with Gasteiger partial charge in [-0.25, -0.2) is 0 Å². The normalized spacial score (nSPS) is 12.3. The summed E-state index contributed by atoms with van der Waals surface area (Å²) in [5.41, 5.74) is 3.67. The minimum atomic E-state index is -0.0834. The Morgan fingerprint density at radius 2 is 1.52 bits per heavy atom. The molecule has 0 atom stereocenters. The smallest absolute Gasteiger partial charge is 0.193 e. The van der Waals surface area contributed by atoms with Crippen molar-refractivity contribution in [3.8, 4) is 0 Å². The monoisotopic (exact) mass is 326 g/mol. The van der Waals surface area contributed by atoms with E-state index in [0.29, 0.717) is 5.56 Å². The maximum Gasteiger partial charge on any atom is 0.193 e. The molecule has 2 aromatic rings. The molecule has 2 rings (SSSR count). The molecule has 0 aromatic heterocycles. The van der Waals surface area contributed by atoms with Crippen molar-refractivity contribution in [3.63, 3.8) is 0 Å². The Morgan fingerprint density at radius 1 is 0.870 bits per heavy atom. The van der Waals surface area contributed by atoms with Gasteiger partial charge < -0.3 is 0 Å². The fraction of sp³-hybridized carbons (Fsp3) is 0.381. The first-order valence-electron chi connectivity index (χ1n) is 7.99. The van der Waals surface area contributed by atoms with Gasteiger partial charge in [-0.05, 0) is 40.2 Å². The zero-order valence-corrected chi connectivity index (χ0v) is 15.8. The summed E-state index contributed by atoms with van der Waals surface area (Å²) in [5, 5.41) is 0. The van der Waals surface area contributed by atoms with Crippen LogP contribution in [0.3, 0.4) is 0 Å². The van der Waals surface area contributed by atoms with E-state index in [1.807, 2.05) is 24.3 Å². The van der Waals surface area contributed by atoms with Gasteiger partial charge in [-0.2, -0.15) is 0 Å². The van der Waals surface area contributed by atoms with Crippen molar-refractivity contribution < 1.29 is 4.79 Å². The van der Waals surface area contributed by atoms with Crippen LogP contribution in [0.5, 0.6) is 0 Å². The lowest BCUT2D eigenvalue weighted by Gasteiger charge is -2.26. The maximum absolute atomic E-state index is 13.1. The van der Waals surface area contributed by atoms with Crippen molar-refractivity contribution in [2.45, 2.75) is 57.3 Å². The van der Waals surface area contributed by atoms with Crippen molar-refractivity contribution in [1.29, 1.82) is 0 Å². The van der Waals surface area contributed by atoms with Gasteiger partial charge in [-0.1, -0.05) is 65.8 Å². The lowest BCUT2D eigenvalue weighted by atomic mass is 9.78. The first-order valence-corrected chi connectivity index (χ1v) is 8.43. The number of hydrogen-bond donors (Lipinski definition) is 1. The molecule has 2 heteroatoms. The van der Waals surface area contributed by atoms with E-state index in [2.05, 4.69) is 72.4 Å². The molecule has 0 spiro atoms. The SMILES string of the molecule is CC(C)(C)c1ccc(C(C)(C)C)c(C(=O)c2cccc(S)c2)c1. The molecule has 0 unspecified atom stereocenters. The number of rotatable bonds is 2. The zero-order valence-electron chi connectivity index (χ0n) is 14.9. The van der Waals surface area contributed by atoms with Crippen molar-refractivity contribution in [2.24, 2.45) is 0 Å². The highest BCUT2D eigenvalue weighted by atomic mass is 32.1. The second-order valence-corrected chi connectivity index (χ2v) is 8.66. The number of carbonyl (C=O) groups excluding carboxylic acids is 1. The van der Waals surface area contributed by atoms with Gasteiger partial charge in [0.1, 0.15) is 0 Å². The molecule has 0 heterocycles. The van der Waals surface area contributed by atoms with E-state index in [-0.39, 0.29) is 16.6 Å². The van der Waals surface area contributed by atoms with Gasteiger partial charge in [0.25, 0.3) is 0 Å². The van der Waals surface area contributed by atoms with E-state index in [4.69, 9.17) is 0 Å². The Labute approximate surface area is 145 Å². The standard InChI is InChI=1S/C21H26OS/c1-20(2,3)15-10-11-18(21(4,5)6)17(13-15)19(22)14-8-7-9-16(23)12-14/h7-13,23H,1-6H3. The van der Waals surface area contributed by atoms with Crippen LogP contribution in [-0.2, 0) is 10.8 Å². The van der Waals surface area contributed by atoms with Gasteiger partial charge >= 0.3 is 0 Å². The summed E-state index contributed by atoms with van der Waals surface area (Å²) in [6.07, 6.45) is 0. The summed E-state index contributed by atoms with van der Waals surface area (Å²) in [6.45, 7) is 12.9. The third-order valence-electron chi connectivity index (χ3n) is 4.05. The van der Waals surface area contributed by atoms with Gasteiger partial charge in [-0.3, -0.25) is 4.79 Å². The second-order valence-electron chi connectivity index (χ2n) is 8.14. The summed E-state index contributed by atoms with van der Waals surface area (Å²) in [5.74, 6) is 0.0666. The van der Waals surface area contributed by atoms with Crippen LogP contribution in [-0.4, -0.2) is 5.78 Å². The summed E-state index contributed by atoms with van der Waals surface area (Å²) >= 11 is 4.36. The van der Waals surface area contributed by atoms with Crippen molar-refractivity contribution in [3.05, 3.63) is 64.7 Å². The Hall–Kier alpha value is -1.54. The molecule has 0 saturated heterocycles. The van der Waals surface area contributed by atoms with Crippen molar-refractivity contribution in [2.75, 3.05) is 0 Å². The topological polar surface area (TPSA) is 17.1 Å². The fourth-order valence-corrected chi connectivity index (χ4v) is 2.88. The molecule has 0 aliphatic carbocycles. The Bertz CT molecular complexity index is 730. The zero-order chi connectivity index (χ0) is 17.4. The van der Waals surface area contributed by atoms with E-state index in [1.165, 1.54) is 5.56 Å². The van der Waals surface area contributed by atoms with Gasteiger partial charge in [0.15, 0.2) is 5.78 Å². The Morgan fingerprint density at radius 3 is 2.04 bits per heavy atom. The summed E-state index contributed by atoms with van der Waals surface area (Å²) in [4.78, 5) is 13.9. The van der Waals surface area contributed by atoms with Crippen LogP contribution in [0, 0.1) is 0 Å². The molecule has 0 fully saturated rings. The molecule has 0 aliphatic heterocycles. The summed E-state index contributed by atoms with van der Waals surface area (Å²) in [7, 11) is 0. The number of hydrogen-bond acceptors (Lipinski definition) is 2. The lowest BCUT2D eigenvalue weighted by Crippen LogP contribution is -2.20. The Kier molecular flexibility index (Phi) is 4.77. The van der Waals surface area contributed by atoms with Gasteiger partial charge in [0, 0.05) is 16.0 Å². The van der Waals surface area contributed by atoms with E-state index in [9.17, 15) is 4.79 Å². The predicted molar refractivity (Wildman–Crippen MR) is 101 cm³/mol. The van der Waals surface area contributed by atoms with Crippen LogP contribution in [0.25, 0.3) is 0 Å². The van der Waals surface area contributed by atoms with Crippen molar-refractivity contribution >= 4 is 18.4 Å². The van der Waals surface area contributed by atoms with E-state index >= 15 is 0 Å². The van der Waals surface area contributed by atoms with Crippen LogP contribution >= 0.6 is 12.6 Å². The van der Waals surface area contributed by atoms with Gasteiger partial charge in [0.05, 0.1) is 0 Å². The average molecular weight is 327 g/mol. The van der Waals surface area contributed by atoms with Crippen LogP contribution in [0.15, 0.2) is 47.4 Å². The summed E-state index contributed by atoms with van der Waals surface area (Å²) in [6, 6.07) is 13.8. The van der Waals surface area contributed by atoms with Crippen LogP contribution in [0.2, 0.25) is 0 Å². The highest BCUT2D eigenvalue weighted by Crippen LogP contribution is 2.32. The van der Waals surface area contributed by atoms with Crippen LogP contribution in [0.1, 0.15) is 68.6 Å². The summed E-state index contributed by atoms with van der Waals surface area (Å²) < 4.78 is 0. The van der Waals surface area contributed by atoms with E-state index in [1.54, 1.807) is 0 Å². The predicted octanol–water partition coefficient (Wildman–Crippen LogP) is 5.80. The molecular formula is C21H26OS.